The molecule has 2 amide bonds. The fourth-order valence-electron chi connectivity index (χ4n) is 4.07. The largest absolute Gasteiger partial charge is 0.495 e. The van der Waals surface area contributed by atoms with Gasteiger partial charge in [0, 0.05) is 38.8 Å². The van der Waals surface area contributed by atoms with Crippen LogP contribution in [0, 0.1) is 5.92 Å². The maximum absolute atomic E-state index is 13.5. The molecule has 0 spiro atoms. The van der Waals surface area contributed by atoms with Crippen LogP contribution in [0.5, 0.6) is 17.2 Å². The van der Waals surface area contributed by atoms with Crippen molar-refractivity contribution < 1.29 is 23.8 Å². The molecule has 2 aliphatic heterocycles. The van der Waals surface area contributed by atoms with Crippen LogP contribution in [0.25, 0.3) is 0 Å². The molecule has 9 heteroatoms. The predicted molar refractivity (Wildman–Crippen MR) is 127 cm³/mol. The van der Waals surface area contributed by atoms with E-state index in [1.54, 1.807) is 13.3 Å². The molecule has 1 saturated heterocycles. The Balaban J connectivity index is 1.43. The lowest BCUT2D eigenvalue weighted by atomic mass is 10.1. The van der Waals surface area contributed by atoms with Crippen molar-refractivity contribution in [2.75, 3.05) is 46.7 Å². The van der Waals surface area contributed by atoms with E-state index in [9.17, 15) is 4.79 Å². The summed E-state index contributed by atoms with van der Waals surface area (Å²) in [6.45, 7) is 8.79. The molecule has 0 N–H and O–H groups in total. The molecule has 1 fully saturated rings. The maximum Gasteiger partial charge on any atom is 0.345 e. The van der Waals surface area contributed by atoms with Gasteiger partial charge in [0.1, 0.15) is 12.4 Å². The highest BCUT2D eigenvalue weighted by molar-refractivity contribution is 5.73. The number of carbonyl (C=O) groups is 1. The van der Waals surface area contributed by atoms with Gasteiger partial charge in [-0.2, -0.15) is 5.06 Å². The van der Waals surface area contributed by atoms with E-state index in [4.69, 9.17) is 19.0 Å². The standard InChI is InChI=1S/C25H34N4O5/c1-19(2)15-28(17-20-5-6-23-24(12-20)33-9-4-8-32-23)25(30)29-18-27(7-10-34-29)16-21-11-22(31-3)14-26-13-21/h5-6,11-14,19H,4,7-10,15-18H2,1-3H3. The molecule has 1 aromatic carbocycles. The summed E-state index contributed by atoms with van der Waals surface area (Å²) in [6.07, 6.45) is 4.36. The third kappa shape index (κ3) is 6.30. The zero-order chi connectivity index (χ0) is 23.9. The number of pyridine rings is 1. The third-order valence-corrected chi connectivity index (χ3v) is 5.65. The fourth-order valence-corrected chi connectivity index (χ4v) is 4.07. The van der Waals surface area contributed by atoms with Gasteiger partial charge in [0.2, 0.25) is 0 Å². The van der Waals surface area contributed by atoms with Crippen LogP contribution < -0.4 is 14.2 Å². The van der Waals surface area contributed by atoms with Crippen LogP contribution in [-0.2, 0) is 17.9 Å². The molecule has 0 bridgehead atoms. The van der Waals surface area contributed by atoms with Crippen LogP contribution in [0.2, 0.25) is 0 Å². The Morgan fingerprint density at radius 1 is 1.12 bits per heavy atom. The Morgan fingerprint density at radius 3 is 2.74 bits per heavy atom. The minimum atomic E-state index is -0.144. The van der Waals surface area contributed by atoms with Gasteiger partial charge in [-0.3, -0.25) is 14.7 Å². The zero-order valence-electron chi connectivity index (χ0n) is 20.2. The van der Waals surface area contributed by atoms with Crippen LogP contribution in [0.3, 0.4) is 0 Å². The molecule has 184 valence electrons. The first kappa shape index (κ1) is 24.1. The molecule has 4 rings (SSSR count). The van der Waals surface area contributed by atoms with Gasteiger partial charge in [-0.1, -0.05) is 19.9 Å². The highest BCUT2D eigenvalue weighted by atomic mass is 16.7. The number of benzene rings is 1. The SMILES string of the molecule is COc1cncc(CN2CCON(C(=O)N(Cc3ccc4c(c3)OCCCO4)CC(C)C)C2)c1. The average molecular weight is 471 g/mol. The number of ether oxygens (including phenoxy) is 3. The van der Waals surface area contributed by atoms with E-state index in [-0.39, 0.29) is 6.03 Å². The van der Waals surface area contributed by atoms with Crippen molar-refractivity contribution in [2.45, 2.75) is 33.4 Å². The van der Waals surface area contributed by atoms with Crippen molar-refractivity contribution in [3.63, 3.8) is 0 Å². The van der Waals surface area contributed by atoms with Gasteiger partial charge in [0.05, 0.1) is 33.1 Å². The van der Waals surface area contributed by atoms with Crippen LogP contribution >= 0.6 is 0 Å². The van der Waals surface area contributed by atoms with Gasteiger partial charge in [-0.05, 0) is 35.2 Å². The maximum atomic E-state index is 13.5. The smallest absolute Gasteiger partial charge is 0.345 e. The lowest BCUT2D eigenvalue weighted by Gasteiger charge is -2.37. The molecule has 1 aromatic heterocycles. The monoisotopic (exact) mass is 470 g/mol. The second kappa shape index (κ2) is 11.4. The quantitative estimate of drug-likeness (QED) is 0.613. The number of carbonyl (C=O) groups excluding carboxylic acids is 1. The summed E-state index contributed by atoms with van der Waals surface area (Å²) < 4.78 is 16.8. The summed E-state index contributed by atoms with van der Waals surface area (Å²) in [4.78, 5) is 27.5. The average Bonchev–Trinajstić information content (AvgIpc) is 3.08. The molecule has 2 aromatic rings. The van der Waals surface area contributed by atoms with E-state index in [2.05, 4.69) is 23.7 Å². The second-order valence-corrected chi connectivity index (χ2v) is 9.03. The first-order valence-corrected chi connectivity index (χ1v) is 11.8. The summed E-state index contributed by atoms with van der Waals surface area (Å²) in [5, 5.41) is 1.46. The summed E-state index contributed by atoms with van der Waals surface area (Å²) >= 11 is 0. The Morgan fingerprint density at radius 2 is 1.94 bits per heavy atom. The number of hydroxylamine groups is 2. The Labute approximate surface area is 201 Å². The highest BCUT2D eigenvalue weighted by Crippen LogP contribution is 2.31. The number of hydrogen-bond donors (Lipinski definition) is 0. The van der Waals surface area contributed by atoms with Crippen LogP contribution in [0.15, 0.2) is 36.7 Å². The summed E-state index contributed by atoms with van der Waals surface area (Å²) in [5.74, 6) is 2.52. The molecule has 3 heterocycles. The molecule has 0 aliphatic carbocycles. The van der Waals surface area contributed by atoms with E-state index in [1.165, 1.54) is 5.06 Å². The van der Waals surface area contributed by atoms with E-state index < -0.39 is 0 Å². The number of rotatable bonds is 7. The third-order valence-electron chi connectivity index (χ3n) is 5.65. The first-order chi connectivity index (χ1) is 16.5. The highest BCUT2D eigenvalue weighted by Gasteiger charge is 2.28. The normalized spacial score (nSPS) is 16.3. The molecule has 2 aliphatic rings. The molecule has 0 radical (unpaired) electrons. The zero-order valence-corrected chi connectivity index (χ0v) is 20.2. The van der Waals surface area contributed by atoms with Crippen molar-refractivity contribution in [1.82, 2.24) is 19.8 Å². The van der Waals surface area contributed by atoms with Gasteiger partial charge in [0.25, 0.3) is 0 Å². The van der Waals surface area contributed by atoms with E-state index in [0.29, 0.717) is 52.0 Å². The fraction of sp³-hybridized carbons (Fsp3) is 0.520. The van der Waals surface area contributed by atoms with Gasteiger partial charge < -0.3 is 19.1 Å². The number of methoxy groups -OCH3 is 1. The van der Waals surface area contributed by atoms with Gasteiger partial charge >= 0.3 is 6.03 Å². The Bertz CT molecular complexity index is 970. The lowest BCUT2D eigenvalue weighted by Crippen LogP contribution is -2.52. The molecule has 0 saturated carbocycles. The first-order valence-electron chi connectivity index (χ1n) is 11.8. The van der Waals surface area contributed by atoms with Crippen molar-refractivity contribution in [3.05, 3.63) is 47.8 Å². The Hall–Kier alpha value is -3.04. The van der Waals surface area contributed by atoms with Crippen molar-refractivity contribution in [1.29, 1.82) is 0 Å². The van der Waals surface area contributed by atoms with Crippen LogP contribution in [-0.4, -0.2) is 72.6 Å². The summed E-state index contributed by atoms with van der Waals surface area (Å²) in [5.41, 5.74) is 2.02. The van der Waals surface area contributed by atoms with Crippen molar-refractivity contribution >= 4 is 6.03 Å². The number of urea groups is 1. The number of hydrogen-bond acceptors (Lipinski definition) is 7. The molecule has 0 unspecified atom stereocenters. The van der Waals surface area contributed by atoms with Crippen LogP contribution in [0.1, 0.15) is 31.4 Å². The van der Waals surface area contributed by atoms with E-state index >= 15 is 0 Å². The van der Waals surface area contributed by atoms with Gasteiger partial charge in [-0.25, -0.2) is 4.79 Å². The van der Waals surface area contributed by atoms with Crippen molar-refractivity contribution in [2.24, 2.45) is 5.92 Å². The van der Waals surface area contributed by atoms with Gasteiger partial charge in [-0.15, -0.1) is 0 Å². The van der Waals surface area contributed by atoms with E-state index in [0.717, 1.165) is 41.3 Å². The predicted octanol–water partition coefficient (Wildman–Crippen LogP) is 3.54. The number of aromatic nitrogens is 1. The molecule has 0 atom stereocenters. The Kier molecular flexibility index (Phi) is 8.08. The minimum absolute atomic E-state index is 0.144. The number of amides is 2. The summed E-state index contributed by atoms with van der Waals surface area (Å²) in [7, 11) is 1.63. The summed E-state index contributed by atoms with van der Waals surface area (Å²) in [6, 6.07) is 7.71. The lowest BCUT2D eigenvalue weighted by molar-refractivity contribution is -0.187. The number of nitrogens with zero attached hydrogens (tertiary/aromatic N) is 4. The second-order valence-electron chi connectivity index (χ2n) is 9.03. The van der Waals surface area contributed by atoms with E-state index in [1.807, 2.05) is 35.4 Å². The molecule has 34 heavy (non-hydrogen) atoms. The molecule has 9 nitrogen and oxygen atoms in total. The molecular formula is C25H34N4O5. The van der Waals surface area contributed by atoms with Gasteiger partial charge in [0.15, 0.2) is 11.5 Å². The topological polar surface area (TPSA) is 76.6 Å². The molecular weight excluding hydrogens is 436 g/mol. The van der Waals surface area contributed by atoms with Crippen LogP contribution in [0.4, 0.5) is 4.79 Å². The minimum Gasteiger partial charge on any atom is -0.495 e. The van der Waals surface area contributed by atoms with Crippen molar-refractivity contribution in [3.8, 4) is 17.2 Å². The number of fused-ring (bicyclic) bond motifs is 1.